The minimum absolute atomic E-state index is 0.309. The molecule has 2 aliphatic rings. The van der Waals surface area contributed by atoms with Crippen LogP contribution in [0.5, 0.6) is 5.75 Å². The van der Waals surface area contributed by atoms with Crippen LogP contribution in [0.25, 0.3) is 0 Å². The lowest BCUT2D eigenvalue weighted by Crippen LogP contribution is -2.51. The second-order valence-corrected chi connectivity index (χ2v) is 7.73. The summed E-state index contributed by atoms with van der Waals surface area (Å²) in [6.45, 7) is 2.24. The highest BCUT2D eigenvalue weighted by Crippen LogP contribution is 2.31. The minimum atomic E-state index is -0.739. The average Bonchev–Trinajstić information content (AvgIpc) is 2.58. The molecule has 0 spiro atoms. The smallest absolute Gasteiger partial charge is 0.121 e. The van der Waals surface area contributed by atoms with Crippen LogP contribution < -0.4 is 4.74 Å². The summed E-state index contributed by atoms with van der Waals surface area (Å²) in [6.07, 6.45) is 8.26. The van der Waals surface area contributed by atoms with Crippen molar-refractivity contribution in [1.29, 1.82) is 0 Å². The number of hydrogen-bond donors (Lipinski definition) is 1. The lowest BCUT2D eigenvalue weighted by Gasteiger charge is -2.42. The van der Waals surface area contributed by atoms with Crippen molar-refractivity contribution in [3.63, 3.8) is 0 Å². The molecular formula is C18H25Cl2NO2. The van der Waals surface area contributed by atoms with Crippen molar-refractivity contribution in [2.45, 2.75) is 56.6 Å². The molecule has 2 fully saturated rings. The van der Waals surface area contributed by atoms with Gasteiger partial charge >= 0.3 is 0 Å². The molecule has 3 nitrogen and oxygen atoms in total. The summed E-state index contributed by atoms with van der Waals surface area (Å²) < 4.78 is 5.75. The first-order valence-corrected chi connectivity index (χ1v) is 9.36. The Morgan fingerprint density at radius 2 is 1.78 bits per heavy atom. The van der Waals surface area contributed by atoms with Gasteiger partial charge in [-0.15, -0.1) is 0 Å². The zero-order chi connectivity index (χ0) is 16.3. The van der Waals surface area contributed by atoms with E-state index in [4.69, 9.17) is 27.9 Å². The molecule has 0 radical (unpaired) electrons. The number of ether oxygens (including phenoxy) is 1. The summed E-state index contributed by atoms with van der Waals surface area (Å²) in [6, 6.07) is 5.93. The number of hydrogen-bond acceptors (Lipinski definition) is 3. The predicted octanol–water partition coefficient (Wildman–Crippen LogP) is 4.53. The number of piperidine rings is 1. The Hall–Kier alpha value is -0.480. The Morgan fingerprint density at radius 1 is 1.09 bits per heavy atom. The van der Waals surface area contributed by atoms with Gasteiger partial charge in [0.15, 0.2) is 0 Å². The first-order valence-electron chi connectivity index (χ1n) is 8.60. The summed E-state index contributed by atoms with van der Waals surface area (Å²) in [5, 5.41) is 11.7. The molecular weight excluding hydrogens is 333 g/mol. The Labute approximate surface area is 148 Å². The molecule has 1 aromatic carbocycles. The van der Waals surface area contributed by atoms with Crippen molar-refractivity contribution in [2.75, 3.05) is 19.7 Å². The highest BCUT2D eigenvalue weighted by atomic mass is 35.5. The van der Waals surface area contributed by atoms with Crippen LogP contribution in [-0.2, 0) is 0 Å². The molecule has 1 saturated carbocycles. The van der Waals surface area contributed by atoms with E-state index in [1.54, 1.807) is 18.2 Å². The molecule has 3 rings (SSSR count). The third kappa shape index (κ3) is 4.54. The minimum Gasteiger partial charge on any atom is -0.491 e. The van der Waals surface area contributed by atoms with Gasteiger partial charge in [-0.2, -0.15) is 0 Å². The van der Waals surface area contributed by atoms with Crippen LogP contribution in [0.4, 0.5) is 0 Å². The van der Waals surface area contributed by atoms with Crippen LogP contribution in [0.15, 0.2) is 18.2 Å². The van der Waals surface area contributed by atoms with Gasteiger partial charge in [-0.25, -0.2) is 0 Å². The monoisotopic (exact) mass is 357 g/mol. The summed E-state index contributed by atoms with van der Waals surface area (Å²) in [5.74, 6) is 0.655. The molecule has 0 unspecified atom stereocenters. The molecule has 1 saturated heterocycles. The standard InChI is InChI=1S/C18H25Cl2NO2/c19-16-7-6-15(12-17(16)20)23-13-18(22)8-10-21(11-9-18)14-4-2-1-3-5-14/h6-7,12,14,22H,1-5,8-11,13H2. The Kier molecular flexibility index (Phi) is 5.74. The van der Waals surface area contributed by atoms with E-state index in [9.17, 15) is 5.11 Å². The second-order valence-electron chi connectivity index (χ2n) is 6.92. The molecule has 128 valence electrons. The quantitative estimate of drug-likeness (QED) is 0.858. The molecule has 5 heteroatoms. The van der Waals surface area contributed by atoms with Crippen LogP contribution in [0.2, 0.25) is 10.0 Å². The summed E-state index contributed by atoms with van der Waals surface area (Å²) in [4.78, 5) is 2.56. The fourth-order valence-electron chi connectivity index (χ4n) is 3.68. The van der Waals surface area contributed by atoms with Crippen molar-refractivity contribution >= 4 is 23.2 Å². The topological polar surface area (TPSA) is 32.7 Å². The van der Waals surface area contributed by atoms with Gasteiger partial charge in [-0.3, -0.25) is 0 Å². The summed E-state index contributed by atoms with van der Waals surface area (Å²) in [5.41, 5.74) is -0.739. The van der Waals surface area contributed by atoms with E-state index in [0.717, 1.165) is 32.0 Å². The molecule has 1 aliphatic heterocycles. The first-order chi connectivity index (χ1) is 11.1. The highest BCUT2D eigenvalue weighted by molar-refractivity contribution is 6.42. The number of aliphatic hydroxyl groups is 1. The molecule has 0 bridgehead atoms. The van der Waals surface area contributed by atoms with Crippen molar-refractivity contribution in [1.82, 2.24) is 4.90 Å². The molecule has 23 heavy (non-hydrogen) atoms. The highest BCUT2D eigenvalue weighted by Gasteiger charge is 2.35. The SMILES string of the molecule is OC1(COc2ccc(Cl)c(Cl)c2)CCN(C2CCCCC2)CC1. The number of halogens is 2. The maximum absolute atomic E-state index is 10.8. The van der Waals surface area contributed by atoms with Gasteiger partial charge in [0.05, 0.1) is 10.0 Å². The molecule has 1 heterocycles. The number of rotatable bonds is 4. The van der Waals surface area contributed by atoms with Crippen LogP contribution in [0, 0.1) is 0 Å². The molecule has 0 aromatic heterocycles. The summed E-state index contributed by atoms with van der Waals surface area (Å²) >= 11 is 11.9. The molecule has 1 N–H and O–H groups in total. The van der Waals surface area contributed by atoms with Crippen molar-refractivity contribution in [2.24, 2.45) is 0 Å². The van der Waals surface area contributed by atoms with E-state index in [0.29, 0.717) is 22.4 Å². The van der Waals surface area contributed by atoms with E-state index in [-0.39, 0.29) is 0 Å². The van der Waals surface area contributed by atoms with E-state index in [2.05, 4.69) is 4.90 Å². The number of benzene rings is 1. The lowest BCUT2D eigenvalue weighted by atomic mass is 9.88. The van der Waals surface area contributed by atoms with E-state index in [1.807, 2.05) is 0 Å². The third-order valence-electron chi connectivity index (χ3n) is 5.22. The van der Waals surface area contributed by atoms with Crippen LogP contribution >= 0.6 is 23.2 Å². The molecule has 0 atom stereocenters. The molecule has 1 aromatic rings. The van der Waals surface area contributed by atoms with Crippen LogP contribution in [0.1, 0.15) is 44.9 Å². The fourth-order valence-corrected chi connectivity index (χ4v) is 3.97. The maximum Gasteiger partial charge on any atom is 0.121 e. The number of nitrogens with zero attached hydrogens (tertiary/aromatic N) is 1. The fraction of sp³-hybridized carbons (Fsp3) is 0.667. The summed E-state index contributed by atoms with van der Waals surface area (Å²) in [7, 11) is 0. The Balaban J connectivity index is 1.49. The van der Waals surface area contributed by atoms with Gasteiger partial charge in [-0.05, 0) is 37.8 Å². The van der Waals surface area contributed by atoms with Crippen molar-refractivity contribution in [3.05, 3.63) is 28.2 Å². The van der Waals surface area contributed by atoms with E-state index in [1.165, 1.54) is 32.1 Å². The predicted molar refractivity (Wildman–Crippen MR) is 94.6 cm³/mol. The van der Waals surface area contributed by atoms with Gasteiger partial charge in [0.1, 0.15) is 18.0 Å². The number of likely N-dealkylation sites (tertiary alicyclic amines) is 1. The normalized spacial score (nSPS) is 22.9. The average molecular weight is 358 g/mol. The molecule has 0 amide bonds. The Bertz CT molecular complexity index is 524. The lowest BCUT2D eigenvalue weighted by molar-refractivity contribution is -0.0618. The van der Waals surface area contributed by atoms with E-state index >= 15 is 0 Å². The third-order valence-corrected chi connectivity index (χ3v) is 5.96. The van der Waals surface area contributed by atoms with Gasteiger partial charge in [0, 0.05) is 25.2 Å². The van der Waals surface area contributed by atoms with Gasteiger partial charge < -0.3 is 14.7 Å². The van der Waals surface area contributed by atoms with Crippen LogP contribution in [-0.4, -0.2) is 41.3 Å². The second kappa shape index (κ2) is 7.60. The van der Waals surface area contributed by atoms with Crippen molar-refractivity contribution < 1.29 is 9.84 Å². The maximum atomic E-state index is 10.8. The Morgan fingerprint density at radius 3 is 2.43 bits per heavy atom. The van der Waals surface area contributed by atoms with Crippen molar-refractivity contribution in [3.8, 4) is 5.75 Å². The molecule has 1 aliphatic carbocycles. The first kappa shape index (κ1) is 17.3. The largest absolute Gasteiger partial charge is 0.491 e. The zero-order valence-electron chi connectivity index (χ0n) is 13.4. The van der Waals surface area contributed by atoms with Gasteiger partial charge in [-0.1, -0.05) is 42.5 Å². The van der Waals surface area contributed by atoms with Gasteiger partial charge in [0.25, 0.3) is 0 Å². The van der Waals surface area contributed by atoms with Crippen LogP contribution in [0.3, 0.4) is 0 Å². The van der Waals surface area contributed by atoms with E-state index < -0.39 is 5.60 Å². The van der Waals surface area contributed by atoms with Gasteiger partial charge in [0.2, 0.25) is 0 Å². The zero-order valence-corrected chi connectivity index (χ0v) is 15.0.